The normalized spacial score (nSPS) is 17.2. The van der Waals surface area contributed by atoms with Crippen molar-refractivity contribution < 1.29 is 0 Å². The molecular weight excluding hydrogens is 222 g/mol. The van der Waals surface area contributed by atoms with Crippen molar-refractivity contribution >= 4 is 0 Å². The van der Waals surface area contributed by atoms with Crippen molar-refractivity contribution in [1.82, 2.24) is 15.1 Å². The highest BCUT2D eigenvalue weighted by Gasteiger charge is 2.13. The van der Waals surface area contributed by atoms with Gasteiger partial charge >= 0.3 is 0 Å². The van der Waals surface area contributed by atoms with Gasteiger partial charge in [-0.25, -0.2) is 0 Å². The second kappa shape index (κ2) is 9.76. The lowest BCUT2D eigenvalue weighted by atomic mass is 10.1. The molecule has 0 unspecified atom stereocenters. The summed E-state index contributed by atoms with van der Waals surface area (Å²) in [7, 11) is 4.30. The summed E-state index contributed by atoms with van der Waals surface area (Å²) in [5.41, 5.74) is 0. The van der Waals surface area contributed by atoms with E-state index in [4.69, 9.17) is 0 Å². The van der Waals surface area contributed by atoms with E-state index in [9.17, 15) is 0 Å². The Morgan fingerprint density at radius 3 is 2.39 bits per heavy atom. The van der Waals surface area contributed by atoms with Gasteiger partial charge in [-0.2, -0.15) is 0 Å². The predicted octanol–water partition coefficient (Wildman–Crippen LogP) is 2.04. The zero-order valence-corrected chi connectivity index (χ0v) is 12.7. The number of hydrogen-bond donors (Lipinski definition) is 1. The van der Waals surface area contributed by atoms with E-state index in [1.807, 2.05) is 0 Å². The smallest absolute Gasteiger partial charge is 0.0107 e. The Hall–Kier alpha value is -0.120. The highest BCUT2D eigenvalue weighted by Crippen LogP contribution is 2.23. The van der Waals surface area contributed by atoms with Crippen molar-refractivity contribution in [2.45, 2.75) is 39.0 Å². The third-order valence-corrected chi connectivity index (χ3v) is 4.04. The first-order valence-corrected chi connectivity index (χ1v) is 7.80. The predicted molar refractivity (Wildman–Crippen MR) is 80.1 cm³/mol. The van der Waals surface area contributed by atoms with Crippen molar-refractivity contribution in [1.29, 1.82) is 0 Å². The molecule has 1 rings (SSSR count). The van der Waals surface area contributed by atoms with Gasteiger partial charge in [0.15, 0.2) is 0 Å². The maximum atomic E-state index is 3.64. The molecule has 0 heterocycles. The topological polar surface area (TPSA) is 18.5 Å². The van der Waals surface area contributed by atoms with Crippen LogP contribution >= 0.6 is 0 Å². The van der Waals surface area contributed by atoms with E-state index in [0.717, 1.165) is 12.5 Å². The highest BCUT2D eigenvalue weighted by molar-refractivity contribution is 4.70. The molecule has 0 spiro atoms. The maximum absolute atomic E-state index is 3.64. The van der Waals surface area contributed by atoms with Crippen LogP contribution in [0.3, 0.4) is 0 Å². The van der Waals surface area contributed by atoms with E-state index in [2.05, 4.69) is 36.1 Å². The van der Waals surface area contributed by atoms with Crippen LogP contribution in [0.5, 0.6) is 0 Å². The number of nitrogens with one attached hydrogen (secondary N) is 1. The van der Waals surface area contributed by atoms with Gasteiger partial charge in [0.2, 0.25) is 0 Å². The minimum Gasteiger partial charge on any atom is -0.315 e. The number of likely N-dealkylation sites (N-methyl/N-ethyl adjacent to an activating group) is 1. The molecule has 0 aromatic carbocycles. The molecular formula is C15H33N3. The van der Waals surface area contributed by atoms with E-state index >= 15 is 0 Å². The molecule has 0 bridgehead atoms. The average molecular weight is 255 g/mol. The van der Waals surface area contributed by atoms with Crippen molar-refractivity contribution in [3.63, 3.8) is 0 Å². The van der Waals surface area contributed by atoms with Gasteiger partial charge in [-0.05, 0) is 65.5 Å². The van der Waals surface area contributed by atoms with Gasteiger partial charge < -0.3 is 15.1 Å². The zero-order valence-electron chi connectivity index (χ0n) is 12.7. The molecule has 1 saturated carbocycles. The summed E-state index contributed by atoms with van der Waals surface area (Å²) in [4.78, 5) is 4.83. The third kappa shape index (κ3) is 7.34. The summed E-state index contributed by atoms with van der Waals surface area (Å²) in [5.74, 6) is 0.966. The first-order chi connectivity index (χ1) is 8.72. The van der Waals surface area contributed by atoms with E-state index in [1.54, 1.807) is 0 Å². The van der Waals surface area contributed by atoms with Crippen LogP contribution in [-0.4, -0.2) is 63.2 Å². The van der Waals surface area contributed by atoms with Crippen LogP contribution in [0.2, 0.25) is 0 Å². The third-order valence-electron chi connectivity index (χ3n) is 4.04. The monoisotopic (exact) mass is 255 g/mol. The largest absolute Gasteiger partial charge is 0.315 e. The summed E-state index contributed by atoms with van der Waals surface area (Å²) in [6.07, 6.45) is 7.10. The number of rotatable bonds is 10. The van der Waals surface area contributed by atoms with Gasteiger partial charge in [0, 0.05) is 13.1 Å². The Morgan fingerprint density at radius 2 is 1.78 bits per heavy atom. The van der Waals surface area contributed by atoms with Gasteiger partial charge in [-0.3, -0.25) is 0 Å². The molecule has 0 radical (unpaired) electrons. The van der Waals surface area contributed by atoms with E-state index in [-0.39, 0.29) is 0 Å². The first-order valence-electron chi connectivity index (χ1n) is 7.80. The Morgan fingerprint density at radius 1 is 1.06 bits per heavy atom. The lowest BCUT2D eigenvalue weighted by Crippen LogP contribution is -2.35. The second-order valence-corrected chi connectivity index (χ2v) is 5.95. The molecule has 0 aliphatic heterocycles. The molecule has 0 atom stereocenters. The minimum atomic E-state index is 0.966. The molecule has 3 nitrogen and oxygen atoms in total. The zero-order chi connectivity index (χ0) is 13.2. The van der Waals surface area contributed by atoms with Gasteiger partial charge in [0.1, 0.15) is 0 Å². The van der Waals surface area contributed by atoms with Crippen LogP contribution in [0.25, 0.3) is 0 Å². The molecule has 0 amide bonds. The first kappa shape index (κ1) is 15.9. The van der Waals surface area contributed by atoms with Crippen LogP contribution < -0.4 is 5.32 Å². The molecule has 0 aromatic heterocycles. The minimum absolute atomic E-state index is 0.966. The van der Waals surface area contributed by atoms with Crippen molar-refractivity contribution in [2.75, 3.05) is 53.4 Å². The molecule has 1 fully saturated rings. The fraction of sp³-hybridized carbons (Fsp3) is 1.00. The summed E-state index contributed by atoms with van der Waals surface area (Å²) in [6.45, 7) is 9.50. The number of nitrogens with zero attached hydrogens (tertiary/aromatic N) is 2. The van der Waals surface area contributed by atoms with E-state index in [0.29, 0.717) is 0 Å². The molecule has 108 valence electrons. The molecule has 3 heteroatoms. The van der Waals surface area contributed by atoms with Crippen LogP contribution in [0.15, 0.2) is 0 Å². The van der Waals surface area contributed by atoms with Crippen molar-refractivity contribution in [2.24, 2.45) is 5.92 Å². The fourth-order valence-electron chi connectivity index (χ4n) is 2.80. The van der Waals surface area contributed by atoms with Crippen LogP contribution in [0.1, 0.15) is 39.0 Å². The summed E-state index contributed by atoms with van der Waals surface area (Å²) < 4.78 is 0. The second-order valence-electron chi connectivity index (χ2n) is 5.95. The molecule has 0 aromatic rings. The Balaban J connectivity index is 1.96. The van der Waals surface area contributed by atoms with Crippen LogP contribution in [-0.2, 0) is 0 Å². The molecule has 1 aliphatic rings. The Bertz CT molecular complexity index is 188. The maximum Gasteiger partial charge on any atom is 0.0107 e. The number of hydrogen-bond acceptors (Lipinski definition) is 3. The highest BCUT2D eigenvalue weighted by atomic mass is 15.1. The van der Waals surface area contributed by atoms with Gasteiger partial charge in [-0.1, -0.05) is 19.8 Å². The van der Waals surface area contributed by atoms with Crippen LogP contribution in [0, 0.1) is 5.92 Å². The van der Waals surface area contributed by atoms with Gasteiger partial charge in [0.25, 0.3) is 0 Å². The SMILES string of the molecule is CCN(CCCN(C)C)CCNCC1CCCC1. The molecule has 0 saturated heterocycles. The standard InChI is InChI=1S/C15H33N3/c1-4-18(12-7-11-17(2)3)13-10-16-14-15-8-5-6-9-15/h15-16H,4-14H2,1-3H3. The summed E-state index contributed by atoms with van der Waals surface area (Å²) >= 11 is 0. The quantitative estimate of drug-likeness (QED) is 0.603. The van der Waals surface area contributed by atoms with Gasteiger partial charge in [-0.15, -0.1) is 0 Å². The van der Waals surface area contributed by atoms with Gasteiger partial charge in [0.05, 0.1) is 0 Å². The Labute approximate surface area is 114 Å². The fourth-order valence-corrected chi connectivity index (χ4v) is 2.80. The summed E-state index contributed by atoms with van der Waals surface area (Å²) in [5, 5.41) is 3.64. The Kier molecular flexibility index (Phi) is 8.64. The summed E-state index contributed by atoms with van der Waals surface area (Å²) in [6, 6.07) is 0. The lowest BCUT2D eigenvalue weighted by molar-refractivity contribution is 0.264. The molecule has 1 aliphatic carbocycles. The molecule has 1 N–H and O–H groups in total. The van der Waals surface area contributed by atoms with Crippen molar-refractivity contribution in [3.8, 4) is 0 Å². The van der Waals surface area contributed by atoms with E-state index in [1.165, 1.54) is 64.8 Å². The molecule has 18 heavy (non-hydrogen) atoms. The van der Waals surface area contributed by atoms with Crippen LogP contribution in [0.4, 0.5) is 0 Å². The van der Waals surface area contributed by atoms with Crippen molar-refractivity contribution in [3.05, 3.63) is 0 Å². The van der Waals surface area contributed by atoms with E-state index < -0.39 is 0 Å². The average Bonchev–Trinajstić information content (AvgIpc) is 2.84. The lowest BCUT2D eigenvalue weighted by Gasteiger charge is -2.22.